The van der Waals surface area contributed by atoms with Crippen LogP contribution in [-0.2, 0) is 4.79 Å². The summed E-state index contributed by atoms with van der Waals surface area (Å²) in [6.45, 7) is 3.37. The van der Waals surface area contributed by atoms with Crippen molar-refractivity contribution >= 4 is 11.8 Å². The van der Waals surface area contributed by atoms with E-state index in [0.717, 1.165) is 18.7 Å². The first-order valence-electron chi connectivity index (χ1n) is 12.8. The lowest BCUT2D eigenvalue weighted by Crippen LogP contribution is -2.52. The summed E-state index contributed by atoms with van der Waals surface area (Å²) in [4.78, 5) is 15.7. The van der Waals surface area contributed by atoms with Crippen LogP contribution in [0.3, 0.4) is 0 Å². The Hall–Kier alpha value is -1.46. The Bertz CT molecular complexity index is 557. The van der Waals surface area contributed by atoms with Crippen molar-refractivity contribution in [1.82, 2.24) is 0 Å². The number of hydrogen-bond acceptors (Lipinski definition) is 3. The van der Waals surface area contributed by atoms with E-state index < -0.39 is 5.97 Å². The first-order chi connectivity index (χ1) is 15.1. The summed E-state index contributed by atoms with van der Waals surface area (Å²) in [5.74, 6) is 0.162. The van der Waals surface area contributed by atoms with Crippen molar-refractivity contribution in [3.63, 3.8) is 0 Å². The number of aliphatic carboxylic acids is 1. The number of carboxylic acid groups (broad SMARTS) is 1. The minimum atomic E-state index is -0.799. The maximum absolute atomic E-state index is 11.3. The van der Waals surface area contributed by atoms with Crippen molar-refractivity contribution in [2.45, 2.75) is 110 Å². The molecule has 5 nitrogen and oxygen atoms in total. The number of aliphatic imine (C=N–C) groups is 1. The lowest BCUT2D eigenvalue weighted by molar-refractivity contribution is -0.778. The number of hydrogen-bond donors (Lipinski definition) is 2. The molecule has 31 heavy (non-hydrogen) atoms. The second-order valence-electron chi connectivity index (χ2n) is 8.98. The van der Waals surface area contributed by atoms with Crippen LogP contribution in [0, 0.1) is 0 Å². The molecule has 0 saturated carbocycles. The molecule has 0 aromatic carbocycles. The quantitative estimate of drug-likeness (QED) is 0.122. The van der Waals surface area contributed by atoms with E-state index in [-0.39, 0.29) is 6.54 Å². The Balaban J connectivity index is 1.96. The third kappa shape index (κ3) is 12.9. The Morgan fingerprint density at radius 3 is 2.03 bits per heavy atom. The van der Waals surface area contributed by atoms with Gasteiger partial charge in [-0.05, 0) is 32.1 Å². The molecule has 0 fully saturated rings. The van der Waals surface area contributed by atoms with Gasteiger partial charge in [0, 0.05) is 13.0 Å². The predicted molar refractivity (Wildman–Crippen MR) is 132 cm³/mol. The van der Waals surface area contributed by atoms with Crippen molar-refractivity contribution in [3.05, 3.63) is 24.6 Å². The van der Waals surface area contributed by atoms with Gasteiger partial charge in [-0.1, -0.05) is 83.3 Å². The molecule has 0 amide bonds. The summed E-state index contributed by atoms with van der Waals surface area (Å²) < 4.78 is 0.306. The van der Waals surface area contributed by atoms with Crippen LogP contribution in [0.2, 0.25) is 0 Å². The van der Waals surface area contributed by atoms with Gasteiger partial charge in [0.25, 0.3) is 0 Å². The highest BCUT2D eigenvalue weighted by atomic mass is 16.4. The van der Waals surface area contributed by atoms with Crippen LogP contribution >= 0.6 is 0 Å². The molecule has 0 aromatic rings. The number of amidine groups is 1. The van der Waals surface area contributed by atoms with Gasteiger partial charge in [-0.15, -0.1) is 0 Å². The summed E-state index contributed by atoms with van der Waals surface area (Å²) in [5, 5.41) is 9.26. The maximum Gasteiger partial charge on any atom is 0.360 e. The molecule has 1 rings (SSSR count). The Labute approximate surface area is 191 Å². The molecule has 3 N–H and O–H groups in total. The number of quaternary nitrogens is 1. The fourth-order valence-corrected chi connectivity index (χ4v) is 4.34. The van der Waals surface area contributed by atoms with E-state index in [1.54, 1.807) is 6.20 Å². The molecular formula is C26H48N3O2+. The minimum absolute atomic E-state index is 0.0434. The highest BCUT2D eigenvalue weighted by Crippen LogP contribution is 2.21. The lowest BCUT2D eigenvalue weighted by Gasteiger charge is -2.30. The number of allylic oxidation sites excluding steroid dienone is 2. The van der Waals surface area contributed by atoms with Crippen LogP contribution < -0.4 is 5.73 Å². The van der Waals surface area contributed by atoms with Crippen LogP contribution in [0.15, 0.2) is 29.5 Å². The summed E-state index contributed by atoms with van der Waals surface area (Å²) in [6, 6.07) is 0. The molecule has 1 heterocycles. The summed E-state index contributed by atoms with van der Waals surface area (Å²) in [7, 11) is 0. The van der Waals surface area contributed by atoms with E-state index in [4.69, 9.17) is 5.73 Å². The number of unbranched alkanes of at least 4 members (excludes halogenated alkanes) is 13. The van der Waals surface area contributed by atoms with Crippen molar-refractivity contribution in [2.24, 2.45) is 10.7 Å². The fraction of sp³-hybridized carbons (Fsp3) is 0.769. The van der Waals surface area contributed by atoms with Crippen LogP contribution in [0.4, 0.5) is 0 Å². The molecule has 0 saturated heterocycles. The zero-order chi connectivity index (χ0) is 22.6. The minimum Gasteiger partial charge on any atom is -0.477 e. The van der Waals surface area contributed by atoms with E-state index in [2.05, 4.69) is 24.1 Å². The zero-order valence-electron chi connectivity index (χ0n) is 20.1. The van der Waals surface area contributed by atoms with Crippen LogP contribution in [-0.4, -0.2) is 41.0 Å². The van der Waals surface area contributed by atoms with Crippen LogP contribution in [0.25, 0.3) is 0 Å². The van der Waals surface area contributed by atoms with Crippen molar-refractivity contribution in [1.29, 1.82) is 0 Å². The highest BCUT2D eigenvalue weighted by molar-refractivity contribution is 5.81. The average Bonchev–Trinajstić information content (AvgIpc) is 3.11. The first-order valence-corrected chi connectivity index (χ1v) is 12.8. The van der Waals surface area contributed by atoms with Gasteiger partial charge in [-0.25, -0.2) is 14.3 Å². The molecule has 0 aromatic heterocycles. The van der Waals surface area contributed by atoms with E-state index >= 15 is 0 Å². The normalized spacial score (nSPS) is 18.2. The SMILES string of the molecule is CCCCC/C=C/CCCCCCCCCCCCC1=NC=C[N+]1(CCN)CC(=O)O. The predicted octanol–water partition coefficient (Wildman–Crippen LogP) is 6.55. The summed E-state index contributed by atoms with van der Waals surface area (Å²) in [5.41, 5.74) is 5.73. The standard InChI is InChI=1S/C26H47N3O2/c1-2-3-4-5-6-7-8-9-10-11-12-13-14-15-16-17-18-19-25-28-21-23-29(25,22-20-27)24-26(30)31/h6-7,21,23H,2-5,8-20,22,24,27H2,1H3/p+1/b7-6+. The molecule has 5 heteroatoms. The molecule has 1 atom stereocenters. The molecule has 1 aliphatic heterocycles. The van der Waals surface area contributed by atoms with Crippen LogP contribution in [0.5, 0.6) is 0 Å². The van der Waals surface area contributed by atoms with Gasteiger partial charge >= 0.3 is 5.97 Å². The Morgan fingerprint density at radius 2 is 1.48 bits per heavy atom. The van der Waals surface area contributed by atoms with Gasteiger partial charge in [0.2, 0.25) is 5.84 Å². The van der Waals surface area contributed by atoms with Crippen LogP contribution in [0.1, 0.15) is 110 Å². The van der Waals surface area contributed by atoms with E-state index in [9.17, 15) is 9.90 Å². The molecule has 1 unspecified atom stereocenters. The summed E-state index contributed by atoms with van der Waals surface area (Å²) >= 11 is 0. The Kier molecular flexibility index (Phi) is 16.1. The monoisotopic (exact) mass is 434 g/mol. The largest absolute Gasteiger partial charge is 0.477 e. The molecule has 0 radical (unpaired) electrons. The van der Waals surface area contributed by atoms with E-state index in [1.807, 2.05) is 6.20 Å². The number of nitrogens with zero attached hydrogens (tertiary/aromatic N) is 2. The smallest absolute Gasteiger partial charge is 0.360 e. The fourth-order valence-electron chi connectivity index (χ4n) is 4.34. The van der Waals surface area contributed by atoms with Gasteiger partial charge < -0.3 is 10.8 Å². The second-order valence-corrected chi connectivity index (χ2v) is 8.98. The zero-order valence-corrected chi connectivity index (χ0v) is 20.1. The second kappa shape index (κ2) is 18.1. The molecule has 0 aliphatic carbocycles. The molecule has 1 aliphatic rings. The maximum atomic E-state index is 11.3. The molecule has 0 spiro atoms. The molecular weight excluding hydrogens is 386 g/mol. The third-order valence-electron chi connectivity index (χ3n) is 6.20. The summed E-state index contributed by atoms with van der Waals surface area (Å²) in [6.07, 6.45) is 28.8. The molecule has 178 valence electrons. The van der Waals surface area contributed by atoms with E-state index in [0.29, 0.717) is 17.6 Å². The van der Waals surface area contributed by atoms with Crippen molar-refractivity contribution in [3.8, 4) is 0 Å². The number of carboxylic acids is 1. The van der Waals surface area contributed by atoms with Gasteiger partial charge in [0.05, 0.1) is 6.20 Å². The van der Waals surface area contributed by atoms with Gasteiger partial charge in [-0.2, -0.15) is 0 Å². The number of nitrogens with two attached hydrogens (primary N) is 1. The number of carbonyl (C=O) groups is 1. The van der Waals surface area contributed by atoms with Gasteiger partial charge in [0.15, 0.2) is 6.54 Å². The van der Waals surface area contributed by atoms with Crippen molar-refractivity contribution in [2.75, 3.05) is 19.6 Å². The van der Waals surface area contributed by atoms with Gasteiger partial charge in [-0.3, -0.25) is 0 Å². The van der Waals surface area contributed by atoms with E-state index in [1.165, 1.54) is 89.9 Å². The Morgan fingerprint density at radius 1 is 0.935 bits per heavy atom. The lowest BCUT2D eigenvalue weighted by atomic mass is 10.0. The first kappa shape index (κ1) is 27.6. The third-order valence-corrected chi connectivity index (χ3v) is 6.20. The van der Waals surface area contributed by atoms with Gasteiger partial charge in [0.1, 0.15) is 12.7 Å². The van der Waals surface area contributed by atoms with Crippen molar-refractivity contribution < 1.29 is 14.4 Å². The number of rotatable bonds is 21. The molecule has 0 bridgehead atoms. The topological polar surface area (TPSA) is 75.7 Å². The highest BCUT2D eigenvalue weighted by Gasteiger charge is 2.36. The average molecular weight is 435 g/mol.